The van der Waals surface area contributed by atoms with E-state index >= 15 is 0 Å². The van der Waals surface area contributed by atoms with Gasteiger partial charge < -0.3 is 10.2 Å². The van der Waals surface area contributed by atoms with E-state index < -0.39 is 0 Å². The zero-order chi connectivity index (χ0) is 10.6. The molecule has 2 unspecified atom stereocenters. The Morgan fingerprint density at radius 1 is 1.64 bits per heavy atom. The van der Waals surface area contributed by atoms with Gasteiger partial charge in [-0.05, 0) is 26.9 Å². The van der Waals surface area contributed by atoms with E-state index in [0.29, 0.717) is 6.04 Å². The number of aliphatic imine (C=N–C) groups is 1. The van der Waals surface area contributed by atoms with Crippen molar-refractivity contribution < 1.29 is 0 Å². The molecule has 82 valence electrons. The predicted molar refractivity (Wildman–Crippen MR) is 65.1 cm³/mol. The van der Waals surface area contributed by atoms with Crippen molar-refractivity contribution in [2.45, 2.75) is 19.9 Å². The molecule has 1 heterocycles. The first-order valence-electron chi connectivity index (χ1n) is 5.16. The number of hydrogen-bond donors (Lipinski definition) is 1. The Labute approximate surface area is 91.3 Å². The second kappa shape index (κ2) is 5.61. The van der Waals surface area contributed by atoms with Crippen LogP contribution >= 0.6 is 11.8 Å². The lowest BCUT2D eigenvalue weighted by atomic mass is 10.2. The van der Waals surface area contributed by atoms with Gasteiger partial charge in [0.05, 0.1) is 0 Å². The third kappa shape index (κ3) is 4.33. The van der Waals surface area contributed by atoms with Crippen LogP contribution in [-0.2, 0) is 0 Å². The third-order valence-electron chi connectivity index (χ3n) is 2.06. The molecule has 0 saturated heterocycles. The smallest absolute Gasteiger partial charge is 0.156 e. The van der Waals surface area contributed by atoms with Gasteiger partial charge in [-0.25, -0.2) is 0 Å². The lowest BCUT2D eigenvalue weighted by Gasteiger charge is -2.23. The van der Waals surface area contributed by atoms with E-state index in [2.05, 4.69) is 43.2 Å². The standard InChI is InChI=1S/C10H21N3S/c1-8-5-11-10(14-7-8)12-9(2)6-13(3)4/h8-9H,5-7H2,1-4H3,(H,11,12). The molecule has 0 aromatic heterocycles. The Hall–Kier alpha value is -0.220. The van der Waals surface area contributed by atoms with Crippen LogP contribution in [0.5, 0.6) is 0 Å². The van der Waals surface area contributed by atoms with Crippen molar-refractivity contribution in [3.63, 3.8) is 0 Å². The highest BCUT2D eigenvalue weighted by atomic mass is 32.2. The molecule has 0 aromatic carbocycles. The monoisotopic (exact) mass is 215 g/mol. The van der Waals surface area contributed by atoms with Crippen LogP contribution in [0, 0.1) is 5.92 Å². The molecule has 2 atom stereocenters. The maximum absolute atomic E-state index is 4.51. The average molecular weight is 215 g/mol. The minimum absolute atomic E-state index is 0.477. The summed E-state index contributed by atoms with van der Waals surface area (Å²) in [6.45, 7) is 6.47. The number of nitrogens with zero attached hydrogens (tertiary/aromatic N) is 2. The summed E-state index contributed by atoms with van der Waals surface area (Å²) in [5, 5.41) is 4.56. The Morgan fingerprint density at radius 3 is 2.86 bits per heavy atom. The van der Waals surface area contributed by atoms with Crippen molar-refractivity contribution in [2.75, 3.05) is 32.9 Å². The van der Waals surface area contributed by atoms with E-state index in [4.69, 9.17) is 0 Å². The molecule has 1 N–H and O–H groups in total. The zero-order valence-corrected chi connectivity index (χ0v) is 10.4. The molecule has 4 heteroatoms. The van der Waals surface area contributed by atoms with Gasteiger partial charge in [-0.3, -0.25) is 4.99 Å². The van der Waals surface area contributed by atoms with E-state index in [1.807, 2.05) is 11.8 Å². The molecule has 0 radical (unpaired) electrons. The van der Waals surface area contributed by atoms with E-state index in [1.54, 1.807) is 0 Å². The van der Waals surface area contributed by atoms with Crippen LogP contribution in [0.1, 0.15) is 13.8 Å². The highest BCUT2D eigenvalue weighted by Gasteiger charge is 2.13. The summed E-state index contributed by atoms with van der Waals surface area (Å²) >= 11 is 1.85. The normalized spacial score (nSPS) is 24.6. The van der Waals surface area contributed by atoms with Crippen LogP contribution in [0.2, 0.25) is 0 Å². The largest absolute Gasteiger partial charge is 0.361 e. The van der Waals surface area contributed by atoms with E-state index in [9.17, 15) is 0 Å². The van der Waals surface area contributed by atoms with Crippen LogP contribution in [0.15, 0.2) is 4.99 Å². The van der Waals surface area contributed by atoms with Gasteiger partial charge in [0.1, 0.15) is 0 Å². The minimum atomic E-state index is 0.477. The van der Waals surface area contributed by atoms with E-state index in [0.717, 1.165) is 24.2 Å². The third-order valence-corrected chi connectivity index (χ3v) is 3.32. The lowest BCUT2D eigenvalue weighted by molar-refractivity contribution is 0.370. The molecule has 0 saturated carbocycles. The molecule has 1 rings (SSSR count). The van der Waals surface area contributed by atoms with Crippen molar-refractivity contribution in [3.05, 3.63) is 0 Å². The number of likely N-dealkylation sites (N-methyl/N-ethyl adjacent to an activating group) is 1. The fourth-order valence-electron chi connectivity index (χ4n) is 1.45. The van der Waals surface area contributed by atoms with Crippen LogP contribution in [0.25, 0.3) is 0 Å². The molecule has 0 spiro atoms. The van der Waals surface area contributed by atoms with Gasteiger partial charge in [-0.15, -0.1) is 0 Å². The number of hydrogen-bond acceptors (Lipinski definition) is 4. The first kappa shape index (κ1) is 11.9. The van der Waals surface area contributed by atoms with Crippen LogP contribution in [0.3, 0.4) is 0 Å². The molecule has 1 aliphatic heterocycles. The second-order valence-electron chi connectivity index (χ2n) is 4.37. The molecule has 0 bridgehead atoms. The van der Waals surface area contributed by atoms with E-state index in [-0.39, 0.29) is 0 Å². The lowest BCUT2D eigenvalue weighted by Crippen LogP contribution is -2.39. The fraction of sp³-hybridized carbons (Fsp3) is 0.900. The first-order chi connectivity index (χ1) is 6.58. The summed E-state index contributed by atoms with van der Waals surface area (Å²) in [7, 11) is 4.19. The van der Waals surface area contributed by atoms with Crippen molar-refractivity contribution >= 4 is 16.9 Å². The van der Waals surface area contributed by atoms with Gasteiger partial charge in [-0.2, -0.15) is 0 Å². The fourth-order valence-corrected chi connectivity index (χ4v) is 2.45. The van der Waals surface area contributed by atoms with Gasteiger partial charge in [0.2, 0.25) is 0 Å². The number of amidine groups is 1. The van der Waals surface area contributed by atoms with Crippen LogP contribution in [0.4, 0.5) is 0 Å². The molecule has 14 heavy (non-hydrogen) atoms. The molecule has 0 aliphatic carbocycles. The maximum Gasteiger partial charge on any atom is 0.156 e. The number of rotatable bonds is 3. The van der Waals surface area contributed by atoms with Crippen LogP contribution < -0.4 is 5.32 Å². The first-order valence-corrected chi connectivity index (χ1v) is 6.15. The summed E-state index contributed by atoms with van der Waals surface area (Å²) in [6.07, 6.45) is 0. The maximum atomic E-state index is 4.51. The van der Waals surface area contributed by atoms with Gasteiger partial charge in [0.25, 0.3) is 0 Å². The van der Waals surface area contributed by atoms with Gasteiger partial charge in [-0.1, -0.05) is 18.7 Å². The Balaban J connectivity index is 2.30. The van der Waals surface area contributed by atoms with Crippen molar-refractivity contribution in [3.8, 4) is 0 Å². The van der Waals surface area contributed by atoms with Crippen molar-refractivity contribution in [2.24, 2.45) is 10.9 Å². The highest BCUT2D eigenvalue weighted by molar-refractivity contribution is 8.13. The Morgan fingerprint density at radius 2 is 2.36 bits per heavy atom. The zero-order valence-electron chi connectivity index (χ0n) is 9.58. The van der Waals surface area contributed by atoms with Crippen LogP contribution in [-0.4, -0.2) is 49.0 Å². The Kier molecular flexibility index (Phi) is 4.75. The molecule has 1 aliphatic rings. The van der Waals surface area contributed by atoms with Gasteiger partial charge in [0.15, 0.2) is 5.17 Å². The van der Waals surface area contributed by atoms with Gasteiger partial charge >= 0.3 is 0 Å². The highest BCUT2D eigenvalue weighted by Crippen LogP contribution is 2.15. The second-order valence-corrected chi connectivity index (χ2v) is 5.38. The minimum Gasteiger partial charge on any atom is -0.361 e. The average Bonchev–Trinajstić information content (AvgIpc) is 2.07. The molecule has 0 amide bonds. The predicted octanol–water partition coefficient (Wildman–Crippen LogP) is 1.27. The quantitative estimate of drug-likeness (QED) is 0.768. The molecular formula is C10H21N3S. The number of thioether (sulfide) groups is 1. The summed E-state index contributed by atoms with van der Waals surface area (Å²) in [5.41, 5.74) is 0. The van der Waals surface area contributed by atoms with Crippen molar-refractivity contribution in [1.29, 1.82) is 0 Å². The Bertz CT molecular complexity index is 204. The molecule has 0 aromatic rings. The molecular weight excluding hydrogens is 194 g/mol. The molecule has 0 fully saturated rings. The summed E-state index contributed by atoms with van der Waals surface area (Å²) < 4.78 is 0. The summed E-state index contributed by atoms with van der Waals surface area (Å²) in [5.74, 6) is 1.93. The van der Waals surface area contributed by atoms with Gasteiger partial charge in [0, 0.05) is 24.9 Å². The summed E-state index contributed by atoms with van der Waals surface area (Å²) in [6, 6.07) is 0.477. The molecule has 3 nitrogen and oxygen atoms in total. The summed E-state index contributed by atoms with van der Waals surface area (Å²) in [4.78, 5) is 6.70. The topological polar surface area (TPSA) is 27.6 Å². The van der Waals surface area contributed by atoms with E-state index in [1.165, 1.54) is 5.75 Å². The van der Waals surface area contributed by atoms with Crippen molar-refractivity contribution in [1.82, 2.24) is 10.2 Å². The number of nitrogens with one attached hydrogen (secondary N) is 1. The SMILES string of the molecule is CC1CN=C(NC(C)CN(C)C)SC1.